The van der Waals surface area contributed by atoms with Gasteiger partial charge in [0.15, 0.2) is 11.4 Å². The first-order valence-corrected chi connectivity index (χ1v) is 11.6. The number of rotatable bonds is 4. The van der Waals surface area contributed by atoms with Crippen molar-refractivity contribution >= 4 is 34.8 Å². The molecule has 0 aliphatic carbocycles. The van der Waals surface area contributed by atoms with Crippen LogP contribution in [-0.4, -0.2) is 66.9 Å². The van der Waals surface area contributed by atoms with Crippen molar-refractivity contribution in [1.29, 1.82) is 0 Å². The quantitative estimate of drug-likeness (QED) is 0.392. The van der Waals surface area contributed by atoms with Gasteiger partial charge in [-0.05, 0) is 23.6 Å². The maximum absolute atomic E-state index is 14.9. The third-order valence-corrected chi connectivity index (χ3v) is 5.76. The zero-order chi connectivity index (χ0) is 24.7. The molecule has 0 unspecified atom stereocenters. The number of nitrogens with zero attached hydrogens (tertiary/aromatic N) is 8. The summed E-state index contributed by atoms with van der Waals surface area (Å²) in [7, 11) is 0. The van der Waals surface area contributed by atoms with Crippen LogP contribution in [0.3, 0.4) is 0 Å². The van der Waals surface area contributed by atoms with Gasteiger partial charge < -0.3 is 14.2 Å². The third kappa shape index (κ3) is 4.95. The van der Waals surface area contributed by atoms with Crippen LogP contribution in [0.25, 0.3) is 22.6 Å². The van der Waals surface area contributed by atoms with Crippen molar-refractivity contribution in [1.82, 2.24) is 34.8 Å². The molecular formula is C23H24ClFN8O2. The van der Waals surface area contributed by atoms with E-state index < -0.39 is 5.82 Å². The van der Waals surface area contributed by atoms with E-state index in [2.05, 4.69) is 46.0 Å². The third-order valence-electron chi connectivity index (χ3n) is 5.55. The Bertz CT molecular complexity index is 1390. The van der Waals surface area contributed by atoms with E-state index in [0.29, 0.717) is 60.8 Å². The molecule has 0 radical (unpaired) electrons. The second-order valence-electron chi connectivity index (χ2n) is 9.65. The lowest BCUT2D eigenvalue weighted by Gasteiger charge is -2.33. The van der Waals surface area contributed by atoms with Gasteiger partial charge in [0, 0.05) is 38.9 Å². The number of aromatic nitrogens is 6. The molecule has 10 nitrogen and oxygen atoms in total. The number of halogens is 2. The van der Waals surface area contributed by atoms with E-state index in [9.17, 15) is 9.18 Å². The zero-order valence-corrected chi connectivity index (χ0v) is 20.3. The molecule has 1 aliphatic heterocycles. The molecule has 1 saturated heterocycles. The molecule has 35 heavy (non-hydrogen) atoms. The molecular weight excluding hydrogens is 475 g/mol. The van der Waals surface area contributed by atoms with Gasteiger partial charge in [0.05, 0.1) is 11.8 Å². The predicted octanol–water partition coefficient (Wildman–Crippen LogP) is 3.68. The monoisotopic (exact) mass is 498 g/mol. The molecule has 1 fully saturated rings. The minimum Gasteiger partial charge on any atom is -0.422 e. The van der Waals surface area contributed by atoms with E-state index in [1.807, 2.05) is 4.90 Å². The van der Waals surface area contributed by atoms with Gasteiger partial charge in [-0.25, -0.2) is 9.37 Å². The molecule has 0 spiro atoms. The lowest BCUT2D eigenvalue weighted by atomic mass is 9.97. The standard InChI is InChI=1S/C23H24ClFN8O2/c1-23(2,3)13-33-12-16(29-30-33)19-15(25)10-14(11-26-19)21(34)31-6-8-32(9-7-31)22-28-20-17(35-22)4-5-18(24)27-20/h4-5,10-12H,6-9,13H2,1-3H3. The molecule has 5 rings (SSSR count). The lowest BCUT2D eigenvalue weighted by molar-refractivity contribution is 0.0744. The summed E-state index contributed by atoms with van der Waals surface area (Å²) in [5.74, 6) is -0.903. The van der Waals surface area contributed by atoms with E-state index in [-0.39, 0.29) is 22.6 Å². The highest BCUT2D eigenvalue weighted by molar-refractivity contribution is 6.29. The van der Waals surface area contributed by atoms with Crippen LogP contribution in [0.15, 0.2) is 35.0 Å². The van der Waals surface area contributed by atoms with Crippen LogP contribution in [-0.2, 0) is 6.54 Å². The van der Waals surface area contributed by atoms with Crippen LogP contribution in [0.2, 0.25) is 5.15 Å². The summed E-state index contributed by atoms with van der Waals surface area (Å²) in [6.07, 6.45) is 3.04. The second-order valence-corrected chi connectivity index (χ2v) is 10.0. The van der Waals surface area contributed by atoms with E-state index in [1.165, 1.54) is 12.3 Å². The van der Waals surface area contributed by atoms with Crippen LogP contribution in [0.4, 0.5) is 10.4 Å². The molecule has 0 N–H and O–H groups in total. The van der Waals surface area contributed by atoms with Crippen LogP contribution in [0, 0.1) is 11.2 Å². The molecule has 0 bridgehead atoms. The topological polar surface area (TPSA) is 106 Å². The van der Waals surface area contributed by atoms with Crippen molar-refractivity contribution in [2.45, 2.75) is 27.3 Å². The smallest absolute Gasteiger partial charge is 0.300 e. The fourth-order valence-electron chi connectivity index (χ4n) is 3.92. The van der Waals surface area contributed by atoms with Crippen LogP contribution in [0.5, 0.6) is 0 Å². The average Bonchev–Trinajstić information content (AvgIpc) is 3.44. The molecule has 182 valence electrons. The highest BCUT2D eigenvalue weighted by Crippen LogP contribution is 2.24. The summed E-state index contributed by atoms with van der Waals surface area (Å²) in [6.45, 7) is 8.74. The van der Waals surface area contributed by atoms with E-state index in [0.717, 1.165) is 0 Å². The fraction of sp³-hybridized carbons (Fsp3) is 0.391. The molecule has 4 aromatic heterocycles. The molecule has 0 aromatic carbocycles. The number of carbonyl (C=O) groups excluding carboxylic acids is 1. The molecule has 12 heteroatoms. The van der Waals surface area contributed by atoms with Crippen molar-refractivity contribution in [3.05, 3.63) is 47.1 Å². The van der Waals surface area contributed by atoms with Gasteiger partial charge >= 0.3 is 0 Å². The van der Waals surface area contributed by atoms with Crippen molar-refractivity contribution in [2.24, 2.45) is 5.41 Å². The summed E-state index contributed by atoms with van der Waals surface area (Å²) in [5, 5.41) is 8.44. The molecule has 0 atom stereocenters. The van der Waals surface area contributed by atoms with Gasteiger partial charge in [-0.2, -0.15) is 4.98 Å². The number of pyridine rings is 2. The Morgan fingerprint density at radius 3 is 2.66 bits per heavy atom. The number of oxazole rings is 1. The molecule has 0 saturated carbocycles. The van der Waals surface area contributed by atoms with Gasteiger partial charge in [-0.15, -0.1) is 5.10 Å². The van der Waals surface area contributed by atoms with Gasteiger partial charge in [0.25, 0.3) is 11.9 Å². The SMILES string of the molecule is CC(C)(C)Cn1cc(-c2ncc(C(=O)N3CCN(c4nc5nc(Cl)ccc5o4)CC3)cc2F)nn1. The first-order valence-electron chi connectivity index (χ1n) is 11.2. The summed E-state index contributed by atoms with van der Waals surface area (Å²) in [4.78, 5) is 29.3. The molecule has 4 aromatic rings. The lowest BCUT2D eigenvalue weighted by Crippen LogP contribution is -2.49. The Hall–Kier alpha value is -3.60. The normalized spacial score (nSPS) is 14.7. The number of piperazine rings is 1. The number of anilines is 1. The van der Waals surface area contributed by atoms with E-state index >= 15 is 0 Å². The maximum Gasteiger partial charge on any atom is 0.300 e. The molecule has 1 aliphatic rings. The molecule has 5 heterocycles. The van der Waals surface area contributed by atoms with Crippen LogP contribution < -0.4 is 4.90 Å². The van der Waals surface area contributed by atoms with E-state index in [4.69, 9.17) is 16.0 Å². The summed E-state index contributed by atoms with van der Waals surface area (Å²) >= 11 is 5.92. The van der Waals surface area contributed by atoms with Crippen molar-refractivity contribution < 1.29 is 13.6 Å². The first kappa shape index (κ1) is 23.2. The Morgan fingerprint density at radius 2 is 1.94 bits per heavy atom. The first-order chi connectivity index (χ1) is 16.7. The fourth-order valence-corrected chi connectivity index (χ4v) is 4.06. The van der Waals surface area contributed by atoms with Crippen LogP contribution >= 0.6 is 11.6 Å². The number of fused-ring (bicyclic) bond motifs is 1. The van der Waals surface area contributed by atoms with Gasteiger partial charge in [0.2, 0.25) is 5.65 Å². The number of hydrogen-bond acceptors (Lipinski definition) is 8. The largest absolute Gasteiger partial charge is 0.422 e. The molecule has 1 amide bonds. The Kier molecular flexibility index (Phi) is 5.87. The van der Waals surface area contributed by atoms with Gasteiger partial charge in [0.1, 0.15) is 16.5 Å². The maximum atomic E-state index is 14.9. The van der Waals surface area contributed by atoms with Gasteiger partial charge in [-0.1, -0.05) is 37.6 Å². The van der Waals surface area contributed by atoms with E-state index in [1.54, 1.807) is 27.9 Å². The minimum absolute atomic E-state index is 0.00230. The average molecular weight is 499 g/mol. The summed E-state index contributed by atoms with van der Waals surface area (Å²) in [5.41, 5.74) is 1.56. The zero-order valence-electron chi connectivity index (χ0n) is 19.6. The van der Waals surface area contributed by atoms with Gasteiger partial charge in [-0.3, -0.25) is 14.5 Å². The number of carbonyl (C=O) groups is 1. The van der Waals surface area contributed by atoms with Crippen LogP contribution in [0.1, 0.15) is 31.1 Å². The van der Waals surface area contributed by atoms with Crippen molar-refractivity contribution in [3.63, 3.8) is 0 Å². The number of amides is 1. The van der Waals surface area contributed by atoms with Crippen molar-refractivity contribution in [3.8, 4) is 11.4 Å². The number of hydrogen-bond donors (Lipinski definition) is 0. The second kappa shape index (κ2) is 8.88. The minimum atomic E-state index is -0.616. The Morgan fingerprint density at radius 1 is 1.17 bits per heavy atom. The Labute approximate surface area is 205 Å². The summed E-state index contributed by atoms with van der Waals surface area (Å²) in [6, 6.07) is 4.99. The van der Waals surface area contributed by atoms with Crippen molar-refractivity contribution in [2.75, 3.05) is 31.1 Å². The predicted molar refractivity (Wildman–Crippen MR) is 128 cm³/mol. The highest BCUT2D eigenvalue weighted by Gasteiger charge is 2.26. The highest BCUT2D eigenvalue weighted by atomic mass is 35.5. The summed E-state index contributed by atoms with van der Waals surface area (Å²) < 4.78 is 22.3. The Balaban J connectivity index is 1.25.